The van der Waals surface area contributed by atoms with E-state index in [1.54, 1.807) is 25.1 Å². The summed E-state index contributed by atoms with van der Waals surface area (Å²) < 4.78 is 68.7. The highest BCUT2D eigenvalue weighted by Gasteiger charge is 2.38. The van der Waals surface area contributed by atoms with E-state index in [9.17, 15) is 21.6 Å². The van der Waals surface area contributed by atoms with Crippen LogP contribution in [0.25, 0.3) is 10.1 Å². The molecular formula is C19H17ClF3N3O2S2. The van der Waals surface area contributed by atoms with Gasteiger partial charge in [0.05, 0.1) is 5.56 Å². The van der Waals surface area contributed by atoms with E-state index < -0.39 is 21.8 Å². The molecule has 1 aliphatic heterocycles. The summed E-state index contributed by atoms with van der Waals surface area (Å²) in [6.07, 6.45) is -3.22. The quantitative estimate of drug-likeness (QED) is 0.546. The third-order valence-electron chi connectivity index (χ3n) is 5.06. The predicted octanol–water partition coefficient (Wildman–Crippen LogP) is 4.79. The lowest BCUT2D eigenvalue weighted by molar-refractivity contribution is -0.137. The lowest BCUT2D eigenvalue weighted by atomic mass is 10.2. The second-order valence-electron chi connectivity index (χ2n) is 6.92. The summed E-state index contributed by atoms with van der Waals surface area (Å²) in [6.45, 7) is 2.13. The molecule has 0 aliphatic carbocycles. The summed E-state index contributed by atoms with van der Waals surface area (Å²) in [5.74, 6) is -0.172. The standard InChI is InChI=1S/C19H17ClF3N3O2S2/c1-12-14-11-13(20)4-5-16(14)29-18(12)30(27,28)26-9-7-25(8-10-26)17-15(19(21,22)23)3-2-6-24-17/h2-6,11H,7-10H2,1H3. The number of alkyl halides is 3. The molecule has 0 N–H and O–H groups in total. The van der Waals surface area contributed by atoms with Crippen LogP contribution in [0.1, 0.15) is 11.1 Å². The molecule has 0 atom stereocenters. The molecule has 0 bridgehead atoms. The van der Waals surface area contributed by atoms with Gasteiger partial charge in [0.1, 0.15) is 10.0 Å². The van der Waals surface area contributed by atoms with Crippen molar-refractivity contribution in [3.8, 4) is 0 Å². The van der Waals surface area contributed by atoms with E-state index in [1.807, 2.05) is 0 Å². The number of anilines is 1. The zero-order chi connectivity index (χ0) is 21.7. The van der Waals surface area contributed by atoms with Crippen LogP contribution >= 0.6 is 22.9 Å². The topological polar surface area (TPSA) is 53.5 Å². The highest BCUT2D eigenvalue weighted by Crippen LogP contribution is 2.38. The van der Waals surface area contributed by atoms with Crippen LogP contribution < -0.4 is 4.90 Å². The number of pyridine rings is 1. The monoisotopic (exact) mass is 475 g/mol. The van der Waals surface area contributed by atoms with Crippen LogP contribution in [0.5, 0.6) is 0 Å². The molecule has 0 radical (unpaired) electrons. The molecule has 1 aliphatic rings. The molecule has 0 amide bonds. The summed E-state index contributed by atoms with van der Waals surface area (Å²) in [4.78, 5) is 5.37. The Labute approximate surface area is 180 Å². The third-order valence-corrected chi connectivity index (χ3v) is 9.06. The Morgan fingerprint density at radius 3 is 2.50 bits per heavy atom. The second-order valence-corrected chi connectivity index (χ2v) is 10.5. The number of benzene rings is 1. The number of aryl methyl sites for hydroxylation is 1. The number of fused-ring (bicyclic) bond motifs is 1. The van der Waals surface area contributed by atoms with Gasteiger partial charge in [-0.1, -0.05) is 11.6 Å². The molecule has 1 fully saturated rings. The minimum absolute atomic E-state index is 0.0741. The number of thiophene rings is 1. The van der Waals surface area contributed by atoms with E-state index in [4.69, 9.17) is 11.6 Å². The van der Waals surface area contributed by atoms with Crippen LogP contribution in [0.3, 0.4) is 0 Å². The fraction of sp³-hybridized carbons (Fsp3) is 0.316. The number of nitrogens with zero attached hydrogens (tertiary/aromatic N) is 3. The zero-order valence-corrected chi connectivity index (χ0v) is 18.2. The Hall–Kier alpha value is -1.88. The van der Waals surface area contributed by atoms with Gasteiger partial charge in [0.2, 0.25) is 0 Å². The first-order chi connectivity index (χ1) is 14.1. The van der Waals surface area contributed by atoms with Crippen molar-refractivity contribution in [2.24, 2.45) is 0 Å². The molecule has 1 saturated heterocycles. The van der Waals surface area contributed by atoms with Gasteiger partial charge in [0.25, 0.3) is 10.0 Å². The Morgan fingerprint density at radius 1 is 1.13 bits per heavy atom. The van der Waals surface area contributed by atoms with E-state index in [-0.39, 0.29) is 36.2 Å². The number of aromatic nitrogens is 1. The molecule has 30 heavy (non-hydrogen) atoms. The Kier molecular flexibility index (Phi) is 5.46. The summed E-state index contributed by atoms with van der Waals surface area (Å²) in [5.41, 5.74) is -0.192. The molecule has 3 heterocycles. The van der Waals surface area contributed by atoms with E-state index in [1.165, 1.54) is 32.8 Å². The van der Waals surface area contributed by atoms with Crippen LogP contribution in [0.4, 0.5) is 19.0 Å². The van der Waals surface area contributed by atoms with E-state index in [2.05, 4.69) is 4.98 Å². The maximum Gasteiger partial charge on any atom is 0.419 e. The predicted molar refractivity (Wildman–Crippen MR) is 112 cm³/mol. The Bertz CT molecular complexity index is 1200. The van der Waals surface area contributed by atoms with Crippen molar-refractivity contribution in [2.75, 3.05) is 31.1 Å². The fourth-order valence-electron chi connectivity index (χ4n) is 3.54. The molecule has 3 aromatic rings. The largest absolute Gasteiger partial charge is 0.419 e. The van der Waals surface area contributed by atoms with Crippen molar-refractivity contribution >= 4 is 48.9 Å². The van der Waals surface area contributed by atoms with Gasteiger partial charge in [-0.2, -0.15) is 17.5 Å². The lowest BCUT2D eigenvalue weighted by Crippen LogP contribution is -2.49. The summed E-state index contributed by atoms with van der Waals surface area (Å²) in [5, 5.41) is 1.31. The van der Waals surface area contributed by atoms with Crippen LogP contribution in [0.2, 0.25) is 5.02 Å². The van der Waals surface area contributed by atoms with Crippen molar-refractivity contribution in [2.45, 2.75) is 17.3 Å². The molecule has 160 valence electrons. The first kappa shape index (κ1) is 21.4. The van der Waals surface area contributed by atoms with Crippen molar-refractivity contribution in [1.82, 2.24) is 9.29 Å². The van der Waals surface area contributed by atoms with E-state index in [0.29, 0.717) is 10.6 Å². The maximum atomic E-state index is 13.3. The average Bonchev–Trinajstić information content (AvgIpc) is 3.04. The van der Waals surface area contributed by atoms with Crippen molar-refractivity contribution in [1.29, 1.82) is 0 Å². The fourth-order valence-corrected chi connectivity index (χ4v) is 7.02. The van der Waals surface area contributed by atoms with Gasteiger partial charge in [-0.05, 0) is 48.2 Å². The van der Waals surface area contributed by atoms with Gasteiger partial charge in [-0.3, -0.25) is 0 Å². The first-order valence-electron chi connectivity index (χ1n) is 9.05. The molecule has 4 rings (SSSR count). The molecular weight excluding hydrogens is 459 g/mol. The third kappa shape index (κ3) is 3.77. The van der Waals surface area contributed by atoms with Crippen molar-refractivity contribution in [3.05, 3.63) is 52.7 Å². The van der Waals surface area contributed by atoms with Gasteiger partial charge in [0.15, 0.2) is 0 Å². The van der Waals surface area contributed by atoms with Crippen LogP contribution in [-0.2, 0) is 16.2 Å². The molecule has 11 heteroatoms. The molecule has 0 spiro atoms. The van der Waals surface area contributed by atoms with Gasteiger partial charge in [0, 0.05) is 42.1 Å². The molecule has 1 aromatic carbocycles. The van der Waals surface area contributed by atoms with Crippen LogP contribution in [0, 0.1) is 6.92 Å². The van der Waals surface area contributed by atoms with Crippen molar-refractivity contribution in [3.63, 3.8) is 0 Å². The average molecular weight is 476 g/mol. The molecule has 0 unspecified atom stereocenters. The summed E-state index contributed by atoms with van der Waals surface area (Å²) in [6, 6.07) is 7.45. The number of halogens is 4. The van der Waals surface area contributed by atoms with Crippen LogP contribution in [0.15, 0.2) is 40.7 Å². The van der Waals surface area contributed by atoms with Gasteiger partial charge >= 0.3 is 6.18 Å². The van der Waals surface area contributed by atoms with Gasteiger partial charge in [-0.25, -0.2) is 13.4 Å². The van der Waals surface area contributed by atoms with Gasteiger partial charge in [-0.15, -0.1) is 11.3 Å². The number of hydrogen-bond donors (Lipinski definition) is 0. The van der Waals surface area contributed by atoms with Gasteiger partial charge < -0.3 is 4.90 Å². The smallest absolute Gasteiger partial charge is 0.353 e. The van der Waals surface area contributed by atoms with Crippen LogP contribution in [-0.4, -0.2) is 43.9 Å². The number of sulfonamides is 1. The molecule has 5 nitrogen and oxygen atoms in total. The minimum atomic E-state index is -4.53. The summed E-state index contributed by atoms with van der Waals surface area (Å²) >= 11 is 7.21. The maximum absolute atomic E-state index is 13.3. The first-order valence-corrected chi connectivity index (χ1v) is 11.7. The number of piperazine rings is 1. The Balaban J connectivity index is 1.58. The van der Waals surface area contributed by atoms with E-state index >= 15 is 0 Å². The molecule has 0 saturated carbocycles. The van der Waals surface area contributed by atoms with E-state index in [0.717, 1.165) is 16.2 Å². The highest BCUT2D eigenvalue weighted by molar-refractivity contribution is 7.91. The lowest BCUT2D eigenvalue weighted by Gasteiger charge is -2.35. The Morgan fingerprint density at radius 2 is 1.83 bits per heavy atom. The normalized spacial score (nSPS) is 16.4. The minimum Gasteiger partial charge on any atom is -0.353 e. The zero-order valence-electron chi connectivity index (χ0n) is 15.8. The highest BCUT2D eigenvalue weighted by atomic mass is 35.5. The summed E-state index contributed by atoms with van der Waals surface area (Å²) in [7, 11) is -3.77. The SMILES string of the molecule is Cc1c(S(=O)(=O)N2CCN(c3ncccc3C(F)(F)F)CC2)sc2ccc(Cl)cc12. The second kappa shape index (κ2) is 7.67. The molecule has 2 aromatic heterocycles. The number of rotatable bonds is 3. The van der Waals surface area contributed by atoms with Crippen molar-refractivity contribution < 1.29 is 21.6 Å². The number of hydrogen-bond acceptors (Lipinski definition) is 5.